The highest BCUT2D eigenvalue weighted by Crippen LogP contribution is 2.26. The number of nitrogens with zero attached hydrogens (tertiary/aromatic N) is 1. The quantitative estimate of drug-likeness (QED) is 0.729. The molecule has 2 aromatic rings. The summed E-state index contributed by atoms with van der Waals surface area (Å²) in [5.41, 5.74) is 0.606. The lowest BCUT2D eigenvalue weighted by molar-refractivity contribution is 0.340. The highest BCUT2D eigenvalue weighted by atomic mass is 32.2. The summed E-state index contributed by atoms with van der Waals surface area (Å²) in [5, 5.41) is 0. The Hall–Kier alpha value is -2.21. The van der Waals surface area contributed by atoms with Gasteiger partial charge in [-0.15, -0.1) is 0 Å². The zero-order chi connectivity index (χ0) is 17.6. The van der Waals surface area contributed by atoms with Crippen molar-refractivity contribution < 1.29 is 17.9 Å². The average Bonchev–Trinajstić information content (AvgIpc) is 2.58. The van der Waals surface area contributed by atoms with E-state index >= 15 is 0 Å². The average molecular weight is 349 g/mol. The Bertz CT molecular complexity index is 740. The fraction of sp³-hybridized carbons (Fsp3) is 0.333. The first-order valence-corrected chi connectivity index (χ1v) is 9.45. The van der Waals surface area contributed by atoms with Gasteiger partial charge in [-0.05, 0) is 69.3 Å². The van der Waals surface area contributed by atoms with E-state index in [1.807, 2.05) is 20.8 Å². The van der Waals surface area contributed by atoms with E-state index in [0.29, 0.717) is 31.2 Å². The minimum absolute atomic E-state index is 0.238. The van der Waals surface area contributed by atoms with Crippen LogP contribution in [0.15, 0.2) is 53.4 Å². The van der Waals surface area contributed by atoms with Crippen LogP contribution in [0.3, 0.4) is 0 Å². The van der Waals surface area contributed by atoms with E-state index in [2.05, 4.69) is 0 Å². The topological polar surface area (TPSA) is 55.8 Å². The number of sulfonamides is 1. The van der Waals surface area contributed by atoms with Gasteiger partial charge in [-0.25, -0.2) is 8.42 Å². The molecule has 24 heavy (non-hydrogen) atoms. The van der Waals surface area contributed by atoms with Crippen LogP contribution in [0.1, 0.15) is 20.8 Å². The number of anilines is 1. The molecule has 2 rings (SSSR count). The third-order valence-corrected chi connectivity index (χ3v) is 5.36. The highest BCUT2D eigenvalue weighted by Gasteiger charge is 2.23. The molecule has 0 unspecified atom stereocenters. The van der Waals surface area contributed by atoms with Gasteiger partial charge in [0.15, 0.2) is 0 Å². The highest BCUT2D eigenvalue weighted by molar-refractivity contribution is 7.92. The third-order valence-electron chi connectivity index (χ3n) is 3.45. The smallest absolute Gasteiger partial charge is 0.264 e. The molecule has 0 saturated carbocycles. The number of benzene rings is 2. The molecule has 0 aromatic heterocycles. The first-order chi connectivity index (χ1) is 11.5. The molecule has 0 aliphatic heterocycles. The normalized spacial score (nSPS) is 11.1. The van der Waals surface area contributed by atoms with Gasteiger partial charge in [-0.1, -0.05) is 0 Å². The fourth-order valence-corrected chi connectivity index (χ4v) is 3.84. The lowest BCUT2D eigenvalue weighted by Crippen LogP contribution is -2.30. The Labute approximate surface area is 143 Å². The Balaban J connectivity index is 2.30. The first kappa shape index (κ1) is 18.1. The summed E-state index contributed by atoms with van der Waals surface area (Å²) >= 11 is 0. The molecule has 0 amide bonds. The lowest BCUT2D eigenvalue weighted by Gasteiger charge is -2.23. The molecular weight excluding hydrogens is 326 g/mol. The van der Waals surface area contributed by atoms with Crippen LogP contribution in [-0.4, -0.2) is 28.2 Å². The van der Waals surface area contributed by atoms with Crippen LogP contribution < -0.4 is 13.8 Å². The van der Waals surface area contributed by atoms with Crippen molar-refractivity contribution in [3.05, 3.63) is 48.5 Å². The second-order valence-corrected chi connectivity index (χ2v) is 6.86. The molecule has 0 spiro atoms. The van der Waals surface area contributed by atoms with Gasteiger partial charge in [-0.2, -0.15) is 0 Å². The van der Waals surface area contributed by atoms with Crippen LogP contribution in [0.4, 0.5) is 5.69 Å². The number of hydrogen-bond acceptors (Lipinski definition) is 4. The van der Waals surface area contributed by atoms with E-state index in [1.165, 1.54) is 4.31 Å². The number of hydrogen-bond donors (Lipinski definition) is 0. The van der Waals surface area contributed by atoms with E-state index in [4.69, 9.17) is 9.47 Å². The molecule has 5 nitrogen and oxygen atoms in total. The Kier molecular flexibility index (Phi) is 6.09. The monoisotopic (exact) mass is 349 g/mol. The summed E-state index contributed by atoms with van der Waals surface area (Å²) < 4.78 is 37.9. The maximum atomic E-state index is 12.9. The molecule has 0 fully saturated rings. The summed E-state index contributed by atoms with van der Waals surface area (Å²) in [6.45, 7) is 7.05. The summed E-state index contributed by atoms with van der Waals surface area (Å²) in [5.74, 6) is 1.37. The molecule has 0 saturated heterocycles. The molecule has 0 atom stereocenters. The molecule has 0 N–H and O–H groups in total. The predicted octanol–water partition coefficient (Wildman–Crippen LogP) is 3.70. The van der Waals surface area contributed by atoms with E-state index < -0.39 is 10.0 Å². The lowest BCUT2D eigenvalue weighted by atomic mass is 10.3. The second-order valence-electron chi connectivity index (χ2n) is 5.00. The van der Waals surface area contributed by atoms with Crippen LogP contribution in [0, 0.1) is 0 Å². The van der Waals surface area contributed by atoms with Gasteiger partial charge in [0.1, 0.15) is 11.5 Å². The van der Waals surface area contributed by atoms with Crippen LogP contribution >= 0.6 is 0 Å². The number of rotatable bonds is 8. The Morgan fingerprint density at radius 1 is 0.792 bits per heavy atom. The molecule has 0 radical (unpaired) electrons. The minimum Gasteiger partial charge on any atom is -0.494 e. The van der Waals surface area contributed by atoms with Crippen molar-refractivity contribution in [1.82, 2.24) is 0 Å². The van der Waals surface area contributed by atoms with E-state index in [-0.39, 0.29) is 4.90 Å². The summed E-state index contributed by atoms with van der Waals surface area (Å²) in [4.78, 5) is 0.238. The van der Waals surface area contributed by atoms with Gasteiger partial charge in [0.05, 0.1) is 23.8 Å². The van der Waals surface area contributed by atoms with Crippen LogP contribution in [0.2, 0.25) is 0 Å². The molecule has 0 aliphatic rings. The van der Waals surface area contributed by atoms with Crippen LogP contribution in [-0.2, 0) is 10.0 Å². The van der Waals surface area contributed by atoms with Crippen molar-refractivity contribution in [1.29, 1.82) is 0 Å². The van der Waals surface area contributed by atoms with Gasteiger partial charge in [-0.3, -0.25) is 4.31 Å². The van der Waals surface area contributed by atoms with Crippen molar-refractivity contribution in [3.8, 4) is 11.5 Å². The van der Waals surface area contributed by atoms with E-state index in [9.17, 15) is 8.42 Å². The molecule has 0 heterocycles. The zero-order valence-corrected chi connectivity index (χ0v) is 15.0. The van der Waals surface area contributed by atoms with Crippen LogP contribution in [0.5, 0.6) is 11.5 Å². The van der Waals surface area contributed by atoms with Gasteiger partial charge in [0, 0.05) is 6.54 Å². The van der Waals surface area contributed by atoms with Gasteiger partial charge >= 0.3 is 0 Å². The summed E-state index contributed by atoms with van der Waals surface area (Å²) in [6, 6.07) is 13.5. The molecule has 0 aliphatic carbocycles. The van der Waals surface area contributed by atoms with Crippen molar-refractivity contribution in [2.45, 2.75) is 25.7 Å². The molecular formula is C18H23NO4S. The van der Waals surface area contributed by atoms with Crippen molar-refractivity contribution >= 4 is 15.7 Å². The third kappa shape index (κ3) is 4.00. The SMILES string of the molecule is CCOc1ccc(N(CC)S(=O)(=O)c2ccc(OCC)cc2)cc1. The van der Waals surface area contributed by atoms with Crippen molar-refractivity contribution in [2.24, 2.45) is 0 Å². The molecule has 0 bridgehead atoms. The first-order valence-electron chi connectivity index (χ1n) is 8.01. The van der Waals surface area contributed by atoms with E-state index in [0.717, 1.165) is 5.75 Å². The summed E-state index contributed by atoms with van der Waals surface area (Å²) in [7, 11) is -3.62. The predicted molar refractivity (Wildman–Crippen MR) is 95.4 cm³/mol. The largest absolute Gasteiger partial charge is 0.494 e. The molecule has 6 heteroatoms. The van der Waals surface area contributed by atoms with Crippen molar-refractivity contribution in [3.63, 3.8) is 0 Å². The number of ether oxygens (including phenoxy) is 2. The molecule has 2 aromatic carbocycles. The summed E-state index contributed by atoms with van der Waals surface area (Å²) in [6.07, 6.45) is 0. The molecule has 130 valence electrons. The maximum absolute atomic E-state index is 12.9. The van der Waals surface area contributed by atoms with Gasteiger partial charge in [0.2, 0.25) is 0 Å². The zero-order valence-electron chi connectivity index (χ0n) is 14.2. The standard InChI is InChI=1S/C18H23NO4S/c1-4-19(15-7-9-16(10-8-15)22-5-2)24(20,21)18-13-11-17(12-14-18)23-6-3/h7-14H,4-6H2,1-3H3. The van der Waals surface area contributed by atoms with Gasteiger partial charge in [0.25, 0.3) is 10.0 Å². The Morgan fingerprint density at radius 2 is 1.25 bits per heavy atom. The van der Waals surface area contributed by atoms with Crippen molar-refractivity contribution in [2.75, 3.05) is 24.1 Å². The van der Waals surface area contributed by atoms with Crippen LogP contribution in [0.25, 0.3) is 0 Å². The maximum Gasteiger partial charge on any atom is 0.264 e. The second kappa shape index (κ2) is 8.06. The fourth-order valence-electron chi connectivity index (χ4n) is 2.37. The van der Waals surface area contributed by atoms with Gasteiger partial charge < -0.3 is 9.47 Å². The minimum atomic E-state index is -3.62. The Morgan fingerprint density at radius 3 is 1.67 bits per heavy atom. The van der Waals surface area contributed by atoms with E-state index in [1.54, 1.807) is 48.5 Å².